The Labute approximate surface area is 225 Å². The lowest BCUT2D eigenvalue weighted by Crippen LogP contribution is -2.38. The molecule has 5 nitrogen and oxygen atoms in total. The molecule has 3 aromatic rings. The van der Waals surface area contributed by atoms with E-state index in [1.165, 1.54) is 24.3 Å². The van der Waals surface area contributed by atoms with Crippen LogP contribution in [0.1, 0.15) is 30.5 Å². The first-order valence-corrected chi connectivity index (χ1v) is 14.8. The average molecular weight is 565 g/mol. The molecule has 0 bridgehead atoms. The SMILES string of the molecule is C[C@H](c1ccccc1CCC(=O)N1CCSCC1)N(c1cc(F)ccc1F)S(=O)(=O)c1ccc(Cl)cc1. The quantitative estimate of drug-likeness (QED) is 0.332. The van der Waals surface area contributed by atoms with Gasteiger partial charge in [0.05, 0.1) is 16.6 Å². The van der Waals surface area contributed by atoms with Crippen LogP contribution in [0.2, 0.25) is 5.02 Å². The van der Waals surface area contributed by atoms with Crippen LogP contribution in [0.5, 0.6) is 0 Å². The summed E-state index contributed by atoms with van der Waals surface area (Å²) in [6, 6.07) is 14.5. The molecular weight excluding hydrogens is 538 g/mol. The molecule has 0 spiro atoms. The molecule has 1 amide bonds. The predicted octanol–water partition coefficient (Wildman–Crippen LogP) is 6.08. The summed E-state index contributed by atoms with van der Waals surface area (Å²) in [4.78, 5) is 14.5. The maximum Gasteiger partial charge on any atom is 0.264 e. The van der Waals surface area contributed by atoms with Crippen molar-refractivity contribution in [1.82, 2.24) is 4.90 Å². The Morgan fingerprint density at radius 3 is 2.43 bits per heavy atom. The smallest absolute Gasteiger partial charge is 0.264 e. The van der Waals surface area contributed by atoms with Crippen molar-refractivity contribution >= 4 is 45.0 Å². The number of halogens is 3. The van der Waals surface area contributed by atoms with Gasteiger partial charge in [0.2, 0.25) is 5.91 Å². The van der Waals surface area contributed by atoms with Crippen LogP contribution >= 0.6 is 23.4 Å². The number of aryl methyl sites for hydroxylation is 1. The van der Waals surface area contributed by atoms with Crippen LogP contribution in [0.25, 0.3) is 0 Å². The number of hydrogen-bond acceptors (Lipinski definition) is 4. The van der Waals surface area contributed by atoms with Crippen molar-refractivity contribution in [3.8, 4) is 0 Å². The van der Waals surface area contributed by atoms with Crippen molar-refractivity contribution in [2.24, 2.45) is 0 Å². The van der Waals surface area contributed by atoms with Gasteiger partial charge < -0.3 is 4.90 Å². The molecule has 0 aliphatic carbocycles. The number of thioether (sulfide) groups is 1. The van der Waals surface area contributed by atoms with Gasteiger partial charge in [-0.05, 0) is 60.9 Å². The van der Waals surface area contributed by atoms with E-state index in [0.29, 0.717) is 30.1 Å². The number of carbonyl (C=O) groups is 1. The molecule has 0 N–H and O–H groups in total. The third kappa shape index (κ3) is 6.27. The number of carbonyl (C=O) groups excluding carboxylic acids is 1. The fraction of sp³-hybridized carbons (Fsp3) is 0.296. The van der Waals surface area contributed by atoms with Crippen LogP contribution in [0, 0.1) is 11.6 Å². The highest BCUT2D eigenvalue weighted by atomic mass is 35.5. The van der Waals surface area contributed by atoms with Crippen LogP contribution in [0.3, 0.4) is 0 Å². The van der Waals surface area contributed by atoms with E-state index in [1.54, 1.807) is 19.1 Å². The van der Waals surface area contributed by atoms with Gasteiger partial charge in [-0.2, -0.15) is 11.8 Å². The molecule has 10 heteroatoms. The molecule has 1 heterocycles. The number of nitrogens with zero attached hydrogens (tertiary/aromatic N) is 2. The number of benzene rings is 3. The van der Waals surface area contributed by atoms with Crippen molar-refractivity contribution in [1.29, 1.82) is 0 Å². The van der Waals surface area contributed by atoms with Gasteiger partial charge in [0, 0.05) is 42.1 Å². The zero-order valence-corrected chi connectivity index (χ0v) is 22.6. The molecule has 0 aromatic heterocycles. The van der Waals surface area contributed by atoms with Crippen LogP contribution in [0.15, 0.2) is 71.6 Å². The molecule has 4 rings (SSSR count). The second kappa shape index (κ2) is 11.8. The van der Waals surface area contributed by atoms with Gasteiger partial charge in [-0.3, -0.25) is 9.10 Å². The van der Waals surface area contributed by atoms with E-state index in [4.69, 9.17) is 11.6 Å². The lowest BCUT2D eigenvalue weighted by molar-refractivity contribution is -0.130. The van der Waals surface area contributed by atoms with Crippen molar-refractivity contribution < 1.29 is 22.0 Å². The Morgan fingerprint density at radius 1 is 1.05 bits per heavy atom. The Morgan fingerprint density at radius 2 is 1.73 bits per heavy atom. The number of amides is 1. The fourth-order valence-electron chi connectivity index (χ4n) is 4.43. The Kier molecular flexibility index (Phi) is 8.77. The maximum atomic E-state index is 15.0. The topological polar surface area (TPSA) is 57.7 Å². The summed E-state index contributed by atoms with van der Waals surface area (Å²) >= 11 is 7.77. The molecule has 0 saturated carbocycles. The fourth-order valence-corrected chi connectivity index (χ4v) is 7.09. The van der Waals surface area contributed by atoms with Gasteiger partial charge in [0.25, 0.3) is 10.0 Å². The van der Waals surface area contributed by atoms with Crippen molar-refractivity contribution in [2.45, 2.75) is 30.7 Å². The van der Waals surface area contributed by atoms with Gasteiger partial charge in [-0.1, -0.05) is 35.9 Å². The molecule has 37 heavy (non-hydrogen) atoms. The molecule has 1 fully saturated rings. The van der Waals surface area contributed by atoms with E-state index in [9.17, 15) is 17.6 Å². The summed E-state index contributed by atoms with van der Waals surface area (Å²) in [7, 11) is -4.33. The van der Waals surface area contributed by atoms with E-state index in [1.807, 2.05) is 28.8 Å². The predicted molar refractivity (Wildman–Crippen MR) is 145 cm³/mol. The lowest BCUT2D eigenvalue weighted by Gasteiger charge is -2.32. The highest BCUT2D eigenvalue weighted by Gasteiger charge is 2.33. The van der Waals surface area contributed by atoms with Crippen molar-refractivity contribution in [3.63, 3.8) is 0 Å². The summed E-state index contributed by atoms with van der Waals surface area (Å²) in [5.41, 5.74) is 0.965. The van der Waals surface area contributed by atoms with Gasteiger partial charge in [-0.25, -0.2) is 17.2 Å². The minimum Gasteiger partial charge on any atom is -0.341 e. The van der Waals surface area contributed by atoms with E-state index < -0.39 is 33.4 Å². The molecule has 0 radical (unpaired) electrons. The average Bonchev–Trinajstić information content (AvgIpc) is 2.90. The van der Waals surface area contributed by atoms with Crippen LogP contribution < -0.4 is 4.31 Å². The standard InChI is InChI=1S/C27H27ClF2N2O3S2/c1-19(24-5-3-2-4-20(24)6-13-27(33)31-14-16-36-17-15-31)32(26-18-22(29)9-12-25(26)30)37(34,35)23-10-7-21(28)8-11-23/h2-5,7-12,18-19H,6,13-17H2,1H3/t19-/m1/s1. The minimum absolute atomic E-state index is 0.0459. The van der Waals surface area contributed by atoms with Crippen molar-refractivity contribution in [2.75, 3.05) is 28.9 Å². The Bertz CT molecular complexity index is 1360. The highest BCUT2D eigenvalue weighted by molar-refractivity contribution is 7.99. The molecule has 1 aliphatic heterocycles. The molecule has 1 saturated heterocycles. The zero-order valence-electron chi connectivity index (χ0n) is 20.2. The molecule has 1 aliphatic rings. The molecular formula is C27H27ClF2N2O3S2. The Hall–Kier alpha value is -2.62. The van der Waals surface area contributed by atoms with E-state index in [-0.39, 0.29) is 17.2 Å². The molecule has 3 aromatic carbocycles. The largest absolute Gasteiger partial charge is 0.341 e. The zero-order chi connectivity index (χ0) is 26.6. The van der Waals surface area contributed by atoms with Gasteiger partial charge in [0.15, 0.2) is 0 Å². The highest BCUT2D eigenvalue weighted by Crippen LogP contribution is 2.37. The maximum absolute atomic E-state index is 15.0. The molecule has 0 unspecified atom stereocenters. The van der Waals surface area contributed by atoms with E-state index >= 15 is 4.39 Å². The summed E-state index contributed by atoms with van der Waals surface area (Å²) in [6.45, 7) is 3.06. The first kappa shape index (κ1) is 27.4. The lowest BCUT2D eigenvalue weighted by atomic mass is 9.97. The normalized spacial score (nSPS) is 14.9. The summed E-state index contributed by atoms with van der Waals surface area (Å²) in [6.07, 6.45) is 0.663. The molecule has 1 atom stereocenters. The van der Waals surface area contributed by atoms with Crippen LogP contribution in [-0.2, 0) is 21.2 Å². The van der Waals surface area contributed by atoms with E-state index in [0.717, 1.165) is 39.6 Å². The van der Waals surface area contributed by atoms with Gasteiger partial charge >= 0.3 is 0 Å². The summed E-state index contributed by atoms with van der Waals surface area (Å²) in [5.74, 6) is 0.232. The second-order valence-corrected chi connectivity index (χ2v) is 12.2. The molecule has 196 valence electrons. The van der Waals surface area contributed by atoms with Crippen LogP contribution in [-0.4, -0.2) is 43.8 Å². The minimum atomic E-state index is -4.33. The monoisotopic (exact) mass is 564 g/mol. The van der Waals surface area contributed by atoms with Gasteiger partial charge in [0.1, 0.15) is 11.6 Å². The van der Waals surface area contributed by atoms with Crippen LogP contribution in [0.4, 0.5) is 14.5 Å². The van der Waals surface area contributed by atoms with Crippen molar-refractivity contribution in [3.05, 3.63) is 94.5 Å². The summed E-state index contributed by atoms with van der Waals surface area (Å²) < 4.78 is 57.8. The number of sulfonamides is 1. The van der Waals surface area contributed by atoms with E-state index in [2.05, 4.69) is 0 Å². The first-order chi connectivity index (χ1) is 17.7. The Balaban J connectivity index is 1.72. The number of rotatable bonds is 8. The number of anilines is 1. The second-order valence-electron chi connectivity index (χ2n) is 8.72. The first-order valence-electron chi connectivity index (χ1n) is 11.9. The number of hydrogen-bond donors (Lipinski definition) is 0. The summed E-state index contributed by atoms with van der Waals surface area (Å²) in [5, 5.41) is 0.345. The van der Waals surface area contributed by atoms with Gasteiger partial charge in [-0.15, -0.1) is 0 Å². The third-order valence-corrected chi connectivity index (χ3v) is 9.44. The third-order valence-electron chi connectivity index (χ3n) is 6.35.